The van der Waals surface area contributed by atoms with E-state index in [2.05, 4.69) is 19.9 Å². The molecule has 0 saturated heterocycles. The van der Waals surface area contributed by atoms with Crippen molar-refractivity contribution in [3.8, 4) is 0 Å². The Labute approximate surface area is 98.2 Å². The molecule has 1 aromatic rings. The number of Topliss-reactive ketones (excluding diaryl/α,β-unsaturated/α-hetero) is 1. The fraction of sp³-hybridized carbons (Fsp3) is 0.400. The number of ketones is 1. The predicted octanol–water partition coefficient (Wildman–Crippen LogP) is 3.93. The number of unbranched alkanes of at least 4 members (excludes halogenated alkanes) is 1. The maximum absolute atomic E-state index is 11.6. The molecule has 0 radical (unpaired) electrons. The van der Waals surface area contributed by atoms with Gasteiger partial charge in [0.05, 0.1) is 0 Å². The summed E-state index contributed by atoms with van der Waals surface area (Å²) in [6, 6.07) is 9.95. The normalized spacial score (nSPS) is 9.88. The highest BCUT2D eigenvalue weighted by Crippen LogP contribution is 2.06. The molecule has 0 amide bonds. The smallest absolute Gasteiger partial charge is 0.137 e. The highest BCUT2D eigenvalue weighted by atomic mass is 16.1. The Kier molecular flexibility index (Phi) is 5.55. The minimum Gasteiger partial charge on any atom is -0.299 e. The van der Waals surface area contributed by atoms with E-state index in [9.17, 15) is 4.79 Å². The van der Waals surface area contributed by atoms with Gasteiger partial charge in [-0.05, 0) is 32.3 Å². The van der Waals surface area contributed by atoms with Crippen LogP contribution in [0.25, 0.3) is 0 Å². The maximum atomic E-state index is 11.6. The minimum atomic E-state index is 0.341. The molecule has 1 nitrogen and oxygen atoms in total. The minimum absolute atomic E-state index is 0.341. The molecule has 0 heterocycles. The Hall–Kier alpha value is -1.37. The van der Waals surface area contributed by atoms with Crippen molar-refractivity contribution in [2.24, 2.45) is 0 Å². The summed E-state index contributed by atoms with van der Waals surface area (Å²) in [6.07, 6.45) is 5.45. The van der Waals surface area contributed by atoms with Crippen molar-refractivity contribution in [3.63, 3.8) is 0 Å². The van der Waals surface area contributed by atoms with E-state index in [0.717, 1.165) is 18.4 Å². The summed E-state index contributed by atoms with van der Waals surface area (Å²) in [7, 11) is 0. The van der Waals surface area contributed by atoms with Gasteiger partial charge in [-0.2, -0.15) is 0 Å². The first-order valence-corrected chi connectivity index (χ1v) is 5.87. The van der Waals surface area contributed by atoms with Crippen LogP contribution >= 0.6 is 0 Å². The Balaban J connectivity index is 2.24. The monoisotopic (exact) mass is 216 g/mol. The zero-order valence-corrected chi connectivity index (χ0v) is 10.2. The molecule has 0 bridgehead atoms. The molecule has 0 aliphatic rings. The Bertz CT molecular complexity index is 345. The van der Waals surface area contributed by atoms with E-state index in [-0.39, 0.29) is 0 Å². The largest absolute Gasteiger partial charge is 0.299 e. The quantitative estimate of drug-likeness (QED) is 0.520. The zero-order valence-electron chi connectivity index (χ0n) is 10.2. The van der Waals surface area contributed by atoms with Crippen LogP contribution in [0.15, 0.2) is 42.0 Å². The van der Waals surface area contributed by atoms with Crippen LogP contribution in [0.2, 0.25) is 0 Å². The Morgan fingerprint density at radius 3 is 2.50 bits per heavy atom. The number of carbonyl (C=O) groups excluding carboxylic acids is 1. The topological polar surface area (TPSA) is 17.1 Å². The van der Waals surface area contributed by atoms with Gasteiger partial charge in [-0.15, -0.1) is 0 Å². The first kappa shape index (κ1) is 12.7. The van der Waals surface area contributed by atoms with Crippen LogP contribution in [-0.4, -0.2) is 5.78 Å². The van der Waals surface area contributed by atoms with E-state index in [0.29, 0.717) is 18.6 Å². The molecule has 0 N–H and O–H groups in total. The lowest BCUT2D eigenvalue weighted by Crippen LogP contribution is -2.01. The molecular weight excluding hydrogens is 196 g/mol. The lowest BCUT2D eigenvalue weighted by Gasteiger charge is -2.00. The van der Waals surface area contributed by atoms with Crippen LogP contribution in [-0.2, 0) is 11.2 Å². The summed E-state index contributed by atoms with van der Waals surface area (Å²) >= 11 is 0. The van der Waals surface area contributed by atoms with Crippen molar-refractivity contribution in [2.45, 2.75) is 39.5 Å². The van der Waals surface area contributed by atoms with Gasteiger partial charge in [0.2, 0.25) is 0 Å². The van der Waals surface area contributed by atoms with Gasteiger partial charge in [0.15, 0.2) is 0 Å². The van der Waals surface area contributed by atoms with Crippen molar-refractivity contribution in [3.05, 3.63) is 47.5 Å². The third-order valence-electron chi connectivity index (χ3n) is 2.46. The molecule has 0 aromatic heterocycles. The maximum Gasteiger partial charge on any atom is 0.137 e. The summed E-state index contributed by atoms with van der Waals surface area (Å²) in [6.45, 7) is 4.18. The highest BCUT2D eigenvalue weighted by Gasteiger charge is 2.02. The van der Waals surface area contributed by atoms with Gasteiger partial charge >= 0.3 is 0 Å². The third kappa shape index (κ3) is 5.50. The van der Waals surface area contributed by atoms with Crippen molar-refractivity contribution < 1.29 is 4.79 Å². The van der Waals surface area contributed by atoms with E-state index in [1.807, 2.05) is 30.3 Å². The molecule has 0 spiro atoms. The molecule has 0 atom stereocenters. The fourth-order valence-corrected chi connectivity index (χ4v) is 1.60. The average molecular weight is 216 g/mol. The van der Waals surface area contributed by atoms with E-state index in [1.165, 1.54) is 5.57 Å². The van der Waals surface area contributed by atoms with E-state index < -0.39 is 0 Å². The molecule has 1 aromatic carbocycles. The molecule has 1 heteroatoms. The Morgan fingerprint density at radius 1 is 1.19 bits per heavy atom. The van der Waals surface area contributed by atoms with Gasteiger partial charge in [-0.25, -0.2) is 0 Å². The molecular formula is C15H20O. The highest BCUT2D eigenvalue weighted by molar-refractivity contribution is 5.80. The summed E-state index contributed by atoms with van der Waals surface area (Å²) in [5, 5.41) is 0. The van der Waals surface area contributed by atoms with Crippen LogP contribution in [0.5, 0.6) is 0 Å². The second-order valence-corrected chi connectivity index (χ2v) is 4.37. The molecule has 1 rings (SSSR count). The summed E-state index contributed by atoms with van der Waals surface area (Å²) in [5.74, 6) is 0.341. The molecule has 0 unspecified atom stereocenters. The van der Waals surface area contributed by atoms with Crippen molar-refractivity contribution in [2.75, 3.05) is 0 Å². The van der Waals surface area contributed by atoms with Gasteiger partial charge in [-0.1, -0.05) is 42.0 Å². The van der Waals surface area contributed by atoms with Crippen molar-refractivity contribution >= 4 is 5.78 Å². The van der Waals surface area contributed by atoms with Crippen LogP contribution in [0.4, 0.5) is 0 Å². The third-order valence-corrected chi connectivity index (χ3v) is 2.46. The fourth-order valence-electron chi connectivity index (χ4n) is 1.60. The van der Waals surface area contributed by atoms with Crippen LogP contribution in [0.3, 0.4) is 0 Å². The van der Waals surface area contributed by atoms with E-state index in [1.54, 1.807) is 0 Å². The SMILES string of the molecule is CC(C)=CCCCC(=O)Cc1ccccc1. The van der Waals surface area contributed by atoms with Crippen LogP contribution < -0.4 is 0 Å². The summed E-state index contributed by atoms with van der Waals surface area (Å²) in [4.78, 5) is 11.6. The first-order chi connectivity index (χ1) is 7.68. The molecule has 0 aliphatic heterocycles. The second-order valence-electron chi connectivity index (χ2n) is 4.37. The van der Waals surface area contributed by atoms with Gasteiger partial charge in [0.1, 0.15) is 5.78 Å². The van der Waals surface area contributed by atoms with Gasteiger partial charge in [0.25, 0.3) is 0 Å². The van der Waals surface area contributed by atoms with Crippen molar-refractivity contribution in [1.82, 2.24) is 0 Å². The molecule has 0 saturated carbocycles. The molecule has 0 aliphatic carbocycles. The second kappa shape index (κ2) is 7.00. The van der Waals surface area contributed by atoms with Gasteiger partial charge in [0, 0.05) is 12.8 Å². The lowest BCUT2D eigenvalue weighted by atomic mass is 10.0. The number of benzene rings is 1. The zero-order chi connectivity index (χ0) is 11.8. The summed E-state index contributed by atoms with van der Waals surface area (Å²) in [5.41, 5.74) is 2.45. The molecule has 16 heavy (non-hydrogen) atoms. The van der Waals surface area contributed by atoms with Crippen LogP contribution in [0, 0.1) is 0 Å². The summed E-state index contributed by atoms with van der Waals surface area (Å²) < 4.78 is 0. The van der Waals surface area contributed by atoms with Gasteiger partial charge < -0.3 is 0 Å². The number of hydrogen-bond acceptors (Lipinski definition) is 1. The van der Waals surface area contributed by atoms with Crippen LogP contribution in [0.1, 0.15) is 38.7 Å². The first-order valence-electron chi connectivity index (χ1n) is 5.87. The molecule has 0 fully saturated rings. The Morgan fingerprint density at radius 2 is 1.88 bits per heavy atom. The average Bonchev–Trinajstić information content (AvgIpc) is 2.25. The predicted molar refractivity (Wildman–Crippen MR) is 68.4 cm³/mol. The molecule has 86 valence electrons. The van der Waals surface area contributed by atoms with Crippen molar-refractivity contribution in [1.29, 1.82) is 0 Å². The van der Waals surface area contributed by atoms with E-state index in [4.69, 9.17) is 0 Å². The number of hydrogen-bond donors (Lipinski definition) is 0. The number of rotatable bonds is 6. The van der Waals surface area contributed by atoms with Gasteiger partial charge in [-0.3, -0.25) is 4.79 Å². The lowest BCUT2D eigenvalue weighted by molar-refractivity contribution is -0.118. The number of allylic oxidation sites excluding steroid dienone is 2. The standard InChI is InChI=1S/C15H20O/c1-13(2)8-6-7-11-15(16)12-14-9-4-3-5-10-14/h3-5,8-10H,6-7,11-12H2,1-2H3. The van der Waals surface area contributed by atoms with E-state index >= 15 is 0 Å². The number of carbonyl (C=O) groups is 1.